The first-order valence-corrected chi connectivity index (χ1v) is 10.6. The summed E-state index contributed by atoms with van der Waals surface area (Å²) in [6.07, 6.45) is -0.272. The highest BCUT2D eigenvalue weighted by Gasteiger charge is 2.34. The molecule has 0 spiro atoms. The molecule has 13 nitrogen and oxygen atoms in total. The van der Waals surface area contributed by atoms with Crippen molar-refractivity contribution in [3.05, 3.63) is 42.3 Å². The molecule has 0 bridgehead atoms. The van der Waals surface area contributed by atoms with E-state index in [1.54, 1.807) is 12.1 Å². The fourth-order valence-corrected chi connectivity index (χ4v) is 3.20. The normalized spacial score (nSPS) is 16.8. The van der Waals surface area contributed by atoms with Gasteiger partial charge in [0.15, 0.2) is 5.82 Å². The molecule has 2 aromatic rings. The van der Waals surface area contributed by atoms with Crippen LogP contribution in [0.15, 0.2) is 41.5 Å². The maximum Gasteiger partial charge on any atom is 0.469 e. The Labute approximate surface area is 181 Å². The van der Waals surface area contributed by atoms with Crippen molar-refractivity contribution in [2.75, 3.05) is 25.1 Å². The highest BCUT2D eigenvalue weighted by Crippen LogP contribution is 2.37. The Morgan fingerprint density at radius 1 is 1.47 bits per heavy atom. The molecule has 0 aliphatic carbocycles. The Morgan fingerprint density at radius 3 is 2.78 bits per heavy atom. The molecule has 2 heterocycles. The number of hydrogen-bond acceptors (Lipinski definition) is 8. The van der Waals surface area contributed by atoms with E-state index in [0.717, 1.165) is 11.0 Å². The minimum atomic E-state index is -4.70. The number of halogens is 1. The van der Waals surface area contributed by atoms with E-state index < -0.39 is 32.4 Å². The van der Waals surface area contributed by atoms with Crippen LogP contribution in [0.25, 0.3) is 11.1 Å². The first-order valence-electron chi connectivity index (χ1n) is 9.05. The van der Waals surface area contributed by atoms with Crippen molar-refractivity contribution in [3.63, 3.8) is 0 Å². The van der Waals surface area contributed by atoms with Gasteiger partial charge in [0, 0.05) is 24.4 Å². The Balaban J connectivity index is 1.74. The number of guanidine groups is 1. The van der Waals surface area contributed by atoms with Gasteiger partial charge >= 0.3 is 13.9 Å². The highest BCUT2D eigenvalue weighted by atomic mass is 31.2. The van der Waals surface area contributed by atoms with Gasteiger partial charge in [-0.25, -0.2) is 30.4 Å². The van der Waals surface area contributed by atoms with Crippen LogP contribution in [0.5, 0.6) is 0 Å². The van der Waals surface area contributed by atoms with Crippen molar-refractivity contribution in [2.45, 2.75) is 6.10 Å². The molecule has 1 saturated heterocycles. The molecular formula is C17H21FN7O6P. The number of aromatic nitrogens is 1. The van der Waals surface area contributed by atoms with Crippen LogP contribution in [-0.2, 0) is 13.8 Å². The van der Waals surface area contributed by atoms with E-state index in [1.165, 1.54) is 30.4 Å². The van der Waals surface area contributed by atoms with E-state index in [-0.39, 0.29) is 23.8 Å². The summed E-state index contributed by atoms with van der Waals surface area (Å²) in [4.78, 5) is 38.9. The number of nitrogens with zero attached hydrogens (tertiary/aromatic N) is 4. The topological polar surface area (TPSA) is 189 Å². The third-order valence-corrected chi connectivity index (χ3v) is 4.79. The maximum absolute atomic E-state index is 14.8. The number of pyridine rings is 1. The number of hydrazine groups is 2. The molecule has 1 unspecified atom stereocenters. The van der Waals surface area contributed by atoms with Crippen LogP contribution in [-0.4, -0.2) is 58.1 Å². The quantitative estimate of drug-likeness (QED) is 0.131. The monoisotopic (exact) mass is 469 g/mol. The molecule has 1 aliphatic rings. The number of aliphatic imine (C=N–C) groups is 1. The van der Waals surface area contributed by atoms with Crippen LogP contribution in [0.4, 0.5) is 20.7 Å². The lowest BCUT2D eigenvalue weighted by molar-refractivity contribution is 0.0880. The van der Waals surface area contributed by atoms with E-state index in [4.69, 9.17) is 26.2 Å². The third kappa shape index (κ3) is 5.76. The van der Waals surface area contributed by atoms with Gasteiger partial charge in [-0.05, 0) is 30.3 Å². The van der Waals surface area contributed by atoms with Gasteiger partial charge in [-0.2, -0.15) is 4.99 Å². The number of benzene rings is 1. The van der Waals surface area contributed by atoms with Crippen molar-refractivity contribution in [3.8, 4) is 11.1 Å². The van der Waals surface area contributed by atoms with Crippen LogP contribution >= 0.6 is 7.82 Å². The molecule has 1 aromatic heterocycles. The van der Waals surface area contributed by atoms with E-state index in [0.29, 0.717) is 11.4 Å². The Kier molecular flexibility index (Phi) is 7.03. The van der Waals surface area contributed by atoms with Gasteiger partial charge in [-0.1, -0.05) is 0 Å². The van der Waals surface area contributed by atoms with Crippen LogP contribution in [0, 0.1) is 5.82 Å². The molecule has 1 atom stereocenters. The van der Waals surface area contributed by atoms with Gasteiger partial charge < -0.3 is 14.5 Å². The molecule has 1 amide bonds. The van der Waals surface area contributed by atoms with Crippen molar-refractivity contribution in [2.24, 2.45) is 16.7 Å². The van der Waals surface area contributed by atoms with Crippen LogP contribution in [0.1, 0.15) is 0 Å². The number of nitrogens with two attached hydrogens (primary N) is 2. The zero-order chi connectivity index (χ0) is 23.5. The number of rotatable bonds is 6. The van der Waals surface area contributed by atoms with Crippen molar-refractivity contribution in [1.82, 2.24) is 15.4 Å². The zero-order valence-electron chi connectivity index (χ0n) is 16.8. The van der Waals surface area contributed by atoms with Crippen LogP contribution in [0.3, 0.4) is 0 Å². The van der Waals surface area contributed by atoms with Gasteiger partial charge in [0.05, 0.1) is 18.8 Å². The van der Waals surface area contributed by atoms with Crippen molar-refractivity contribution in [1.29, 1.82) is 0 Å². The van der Waals surface area contributed by atoms with Crippen LogP contribution < -0.4 is 22.0 Å². The van der Waals surface area contributed by atoms with Crippen molar-refractivity contribution < 1.29 is 32.8 Å². The molecule has 1 fully saturated rings. The number of cyclic esters (lactones) is 1. The summed E-state index contributed by atoms with van der Waals surface area (Å²) in [5.41, 5.74) is 3.24. The molecule has 7 N–H and O–H groups in total. The fraction of sp³-hybridized carbons (Fsp3) is 0.235. The van der Waals surface area contributed by atoms with Gasteiger partial charge in [0.25, 0.3) is 0 Å². The second-order valence-corrected chi connectivity index (χ2v) is 7.90. The Bertz CT molecular complexity index is 1060. The molecule has 15 heteroatoms. The molecule has 0 saturated carbocycles. The first-order chi connectivity index (χ1) is 15.1. The van der Waals surface area contributed by atoms with Gasteiger partial charge in [-0.15, -0.1) is 0 Å². The zero-order valence-corrected chi connectivity index (χ0v) is 17.6. The summed E-state index contributed by atoms with van der Waals surface area (Å²) >= 11 is 0. The van der Waals surface area contributed by atoms with E-state index in [1.807, 2.05) is 0 Å². The average molecular weight is 469 g/mol. The molecule has 32 heavy (non-hydrogen) atoms. The summed E-state index contributed by atoms with van der Waals surface area (Å²) in [7, 11) is -3.16. The van der Waals surface area contributed by atoms with Gasteiger partial charge in [0.1, 0.15) is 11.9 Å². The summed E-state index contributed by atoms with van der Waals surface area (Å²) in [6, 6.07) is 7.28. The minimum absolute atomic E-state index is 0.0566. The lowest BCUT2D eigenvalue weighted by Crippen LogP contribution is -2.46. The van der Waals surface area contributed by atoms with E-state index in [2.05, 4.69) is 19.9 Å². The van der Waals surface area contributed by atoms with Crippen molar-refractivity contribution >= 4 is 31.4 Å². The summed E-state index contributed by atoms with van der Waals surface area (Å²) in [5, 5.41) is 1.17. The van der Waals surface area contributed by atoms with E-state index >= 15 is 0 Å². The number of hydrogen-bond donors (Lipinski definition) is 5. The second-order valence-electron chi connectivity index (χ2n) is 6.66. The summed E-state index contributed by atoms with van der Waals surface area (Å²) in [5.74, 6) is 10.7. The minimum Gasteiger partial charge on any atom is -0.441 e. The number of phosphoric ester groups is 1. The predicted molar refractivity (Wildman–Crippen MR) is 112 cm³/mol. The summed E-state index contributed by atoms with van der Waals surface area (Å²) < 4.78 is 34.9. The third-order valence-electron chi connectivity index (χ3n) is 4.31. The number of carbonyl (C=O) groups excluding carboxylic acids is 1. The molecule has 1 aromatic carbocycles. The number of phosphoric acid groups is 1. The molecule has 1 aliphatic heterocycles. The SMILES string of the molecule is CN(N)C(=Nc1ccc(-c2ccc(N3CC(COP(=O)(O)O)OC3=O)cc2F)cn1)NN. The number of carbonyl (C=O) groups is 1. The molecular weight excluding hydrogens is 448 g/mol. The number of anilines is 1. The Hall–Kier alpha value is -3.13. The standard InChI is InChI=1S/C17H21FN7O6P/c1-24(20)16(23-19)22-15-5-2-10(7-21-15)13-4-3-11(6-14(13)18)25-8-12(31-17(25)26)9-30-32(27,28)29/h2-7,12H,8-9,19-20H2,1H3,(H,21,22,23)(H2,27,28,29). The van der Waals surface area contributed by atoms with Gasteiger partial charge in [0.2, 0.25) is 5.96 Å². The highest BCUT2D eigenvalue weighted by molar-refractivity contribution is 7.46. The second kappa shape index (κ2) is 9.56. The largest absolute Gasteiger partial charge is 0.469 e. The smallest absolute Gasteiger partial charge is 0.441 e. The number of ether oxygens (including phenoxy) is 1. The predicted octanol–water partition coefficient (Wildman–Crippen LogP) is 0.578. The Morgan fingerprint density at radius 2 is 2.22 bits per heavy atom. The first kappa shape index (κ1) is 23.5. The molecule has 172 valence electrons. The lowest BCUT2D eigenvalue weighted by Gasteiger charge is -2.15. The lowest BCUT2D eigenvalue weighted by atomic mass is 10.1. The van der Waals surface area contributed by atoms with Gasteiger partial charge in [-0.3, -0.25) is 19.9 Å². The fourth-order valence-electron chi connectivity index (χ4n) is 2.84. The molecule has 0 radical (unpaired) electrons. The van der Waals surface area contributed by atoms with E-state index in [9.17, 15) is 13.8 Å². The number of amides is 1. The number of nitrogens with one attached hydrogen (secondary N) is 1. The van der Waals surface area contributed by atoms with Crippen LogP contribution in [0.2, 0.25) is 0 Å². The maximum atomic E-state index is 14.8. The molecule has 3 rings (SSSR count). The summed E-state index contributed by atoms with van der Waals surface area (Å²) in [6.45, 7) is -0.548. The average Bonchev–Trinajstić information content (AvgIpc) is 3.11.